The van der Waals surface area contributed by atoms with Crippen LogP contribution in [0.2, 0.25) is 0 Å². The molecule has 0 fully saturated rings. The molecule has 0 bridgehead atoms. The van der Waals surface area contributed by atoms with Gasteiger partial charge in [0.1, 0.15) is 5.56 Å². The maximum atomic E-state index is 13.2. The van der Waals surface area contributed by atoms with Crippen LogP contribution >= 0.6 is 0 Å². The Morgan fingerprint density at radius 2 is 1.23 bits per heavy atom. The smallest absolute Gasteiger partial charge is 0.339 e. The molecular formula is C22H14N2O6. The summed E-state index contributed by atoms with van der Waals surface area (Å²) in [5, 5.41) is 22.4. The van der Waals surface area contributed by atoms with Gasteiger partial charge in [0.05, 0.1) is 28.1 Å². The quantitative estimate of drug-likeness (QED) is 0.381. The molecule has 3 aromatic carbocycles. The number of nitrogens with two attached hydrogens (primary N) is 1. The summed E-state index contributed by atoms with van der Waals surface area (Å²) >= 11 is 0. The predicted molar refractivity (Wildman–Crippen MR) is 108 cm³/mol. The second-order valence-electron chi connectivity index (χ2n) is 6.59. The second kappa shape index (κ2) is 6.85. The molecule has 3 aromatic rings. The van der Waals surface area contributed by atoms with Crippen LogP contribution in [-0.4, -0.2) is 33.7 Å². The van der Waals surface area contributed by atoms with Crippen LogP contribution in [0.4, 0.5) is 17.1 Å². The van der Waals surface area contributed by atoms with Crippen molar-refractivity contribution in [1.82, 2.24) is 0 Å². The molecule has 0 aliphatic heterocycles. The normalized spacial score (nSPS) is 12.1. The summed E-state index contributed by atoms with van der Waals surface area (Å²) < 4.78 is 0. The Hall–Kier alpha value is -4.46. The van der Waals surface area contributed by atoms with Crippen molar-refractivity contribution < 1.29 is 29.4 Å². The fourth-order valence-electron chi connectivity index (χ4n) is 3.61. The number of carboxylic acid groups (broad SMARTS) is 2. The van der Waals surface area contributed by atoms with Crippen LogP contribution in [-0.2, 0) is 0 Å². The van der Waals surface area contributed by atoms with Crippen LogP contribution in [0.3, 0.4) is 0 Å². The Morgan fingerprint density at radius 3 is 1.77 bits per heavy atom. The van der Waals surface area contributed by atoms with E-state index in [1.54, 1.807) is 42.5 Å². The third-order valence-corrected chi connectivity index (χ3v) is 4.88. The van der Waals surface area contributed by atoms with Crippen LogP contribution in [0.1, 0.15) is 52.6 Å². The lowest BCUT2D eigenvalue weighted by molar-refractivity contribution is 0.0693. The highest BCUT2D eigenvalue weighted by atomic mass is 16.4. The monoisotopic (exact) mass is 402 g/mol. The van der Waals surface area contributed by atoms with Crippen molar-refractivity contribution in [3.05, 3.63) is 88.0 Å². The van der Waals surface area contributed by atoms with Gasteiger partial charge in [-0.2, -0.15) is 0 Å². The summed E-state index contributed by atoms with van der Waals surface area (Å²) in [5.41, 5.74) is 3.64. The lowest BCUT2D eigenvalue weighted by Gasteiger charge is -2.25. The minimum absolute atomic E-state index is 0.0330. The number of carboxylic acids is 2. The molecular weight excluding hydrogens is 388 g/mol. The molecule has 148 valence electrons. The summed E-state index contributed by atoms with van der Waals surface area (Å²) in [6.45, 7) is 0. The molecule has 1 aliphatic carbocycles. The number of hydrogen-bond acceptors (Lipinski definition) is 6. The van der Waals surface area contributed by atoms with Gasteiger partial charge in [0.25, 0.3) is 0 Å². The zero-order valence-corrected chi connectivity index (χ0v) is 15.3. The first-order chi connectivity index (χ1) is 14.3. The molecule has 5 N–H and O–H groups in total. The summed E-state index contributed by atoms with van der Waals surface area (Å²) in [6.07, 6.45) is 0. The van der Waals surface area contributed by atoms with Crippen molar-refractivity contribution in [2.45, 2.75) is 0 Å². The highest BCUT2D eigenvalue weighted by Gasteiger charge is 2.39. The number of para-hydroxylation sites is 1. The molecule has 0 aromatic heterocycles. The van der Waals surface area contributed by atoms with Gasteiger partial charge in [0.15, 0.2) is 11.6 Å². The van der Waals surface area contributed by atoms with Crippen LogP contribution in [0.15, 0.2) is 54.6 Å². The zero-order valence-electron chi connectivity index (χ0n) is 15.3. The molecule has 0 atom stereocenters. The van der Waals surface area contributed by atoms with Crippen molar-refractivity contribution in [1.29, 1.82) is 0 Å². The lowest BCUT2D eigenvalue weighted by Crippen LogP contribution is -2.28. The first kappa shape index (κ1) is 18.9. The van der Waals surface area contributed by atoms with E-state index in [0.717, 1.165) is 0 Å². The molecule has 0 saturated heterocycles. The van der Waals surface area contributed by atoms with E-state index in [2.05, 4.69) is 5.32 Å². The van der Waals surface area contributed by atoms with Crippen LogP contribution in [0.5, 0.6) is 0 Å². The van der Waals surface area contributed by atoms with Crippen molar-refractivity contribution in [2.24, 2.45) is 0 Å². The third kappa shape index (κ3) is 2.70. The van der Waals surface area contributed by atoms with Gasteiger partial charge in [-0.25, -0.2) is 9.59 Å². The van der Waals surface area contributed by atoms with Crippen LogP contribution < -0.4 is 11.1 Å². The van der Waals surface area contributed by atoms with Gasteiger partial charge in [-0.05, 0) is 12.1 Å². The molecule has 1 aliphatic rings. The standard InChI is InChI=1S/C22H14N2O6/c23-17-14-13(19(25)11-8-4-5-9-12(11)20(14)26)15(21(27)28)18(16(17)22(29)30)24-10-6-2-1-3-7-10/h1-9,24H,23H2,(H,27,28)(H,29,30). The minimum Gasteiger partial charge on any atom is -0.478 e. The van der Waals surface area contributed by atoms with Gasteiger partial charge in [0, 0.05) is 16.8 Å². The minimum atomic E-state index is -1.56. The van der Waals surface area contributed by atoms with Gasteiger partial charge in [-0.3, -0.25) is 9.59 Å². The molecule has 0 spiro atoms. The van der Waals surface area contributed by atoms with Gasteiger partial charge in [0.2, 0.25) is 0 Å². The predicted octanol–water partition coefficient (Wildman–Crippen LogP) is 3.18. The fourth-order valence-corrected chi connectivity index (χ4v) is 3.61. The van der Waals surface area contributed by atoms with E-state index in [-0.39, 0.29) is 16.8 Å². The van der Waals surface area contributed by atoms with E-state index in [4.69, 9.17) is 5.73 Å². The number of hydrogen-bond donors (Lipinski definition) is 4. The number of nitrogen functional groups attached to an aromatic ring is 1. The summed E-state index contributed by atoms with van der Waals surface area (Å²) in [6, 6.07) is 14.2. The van der Waals surface area contributed by atoms with Crippen molar-refractivity contribution in [3.63, 3.8) is 0 Å². The number of rotatable bonds is 4. The number of nitrogens with one attached hydrogen (secondary N) is 1. The Kier molecular flexibility index (Phi) is 4.31. The van der Waals surface area contributed by atoms with Crippen molar-refractivity contribution >= 4 is 40.6 Å². The van der Waals surface area contributed by atoms with E-state index in [1.165, 1.54) is 12.1 Å². The van der Waals surface area contributed by atoms with E-state index in [0.29, 0.717) is 5.69 Å². The SMILES string of the molecule is Nc1c(C(=O)O)c(Nc2ccccc2)c(C(=O)O)c2c1C(=O)c1ccccc1C2=O. The van der Waals surface area contributed by atoms with E-state index in [1.807, 2.05) is 0 Å². The molecule has 4 rings (SSSR count). The van der Waals surface area contributed by atoms with Crippen molar-refractivity contribution in [2.75, 3.05) is 11.1 Å². The van der Waals surface area contributed by atoms with Gasteiger partial charge < -0.3 is 21.3 Å². The Morgan fingerprint density at radius 1 is 0.733 bits per heavy atom. The second-order valence-corrected chi connectivity index (χ2v) is 6.59. The molecule has 30 heavy (non-hydrogen) atoms. The Labute approximate surface area is 169 Å². The number of anilines is 3. The highest BCUT2D eigenvalue weighted by Crippen LogP contribution is 2.41. The van der Waals surface area contributed by atoms with Gasteiger partial charge in [-0.15, -0.1) is 0 Å². The fraction of sp³-hybridized carbons (Fsp3) is 0. The molecule has 8 nitrogen and oxygen atoms in total. The van der Waals surface area contributed by atoms with E-state index >= 15 is 0 Å². The molecule has 0 radical (unpaired) electrons. The maximum absolute atomic E-state index is 13.2. The molecule has 0 amide bonds. The van der Waals surface area contributed by atoms with E-state index < -0.39 is 51.4 Å². The number of carbonyl (C=O) groups is 4. The number of carbonyl (C=O) groups excluding carboxylic acids is 2. The summed E-state index contributed by atoms with van der Waals surface area (Å²) in [4.78, 5) is 50.4. The average molecular weight is 402 g/mol. The Bertz CT molecular complexity index is 1260. The highest BCUT2D eigenvalue weighted by molar-refractivity contribution is 6.34. The largest absolute Gasteiger partial charge is 0.478 e. The topological polar surface area (TPSA) is 147 Å². The third-order valence-electron chi connectivity index (χ3n) is 4.88. The summed E-state index contributed by atoms with van der Waals surface area (Å²) in [5.74, 6) is -4.51. The molecule has 0 unspecified atom stereocenters. The number of fused-ring (bicyclic) bond motifs is 2. The molecule has 0 heterocycles. The molecule has 8 heteroatoms. The number of benzene rings is 3. The first-order valence-corrected chi connectivity index (χ1v) is 8.79. The first-order valence-electron chi connectivity index (χ1n) is 8.79. The maximum Gasteiger partial charge on any atom is 0.339 e. The molecule has 0 saturated carbocycles. The van der Waals surface area contributed by atoms with E-state index in [9.17, 15) is 29.4 Å². The summed E-state index contributed by atoms with van der Waals surface area (Å²) in [7, 11) is 0. The number of aromatic carboxylic acids is 2. The Balaban J connectivity index is 2.12. The lowest BCUT2D eigenvalue weighted by atomic mass is 9.79. The van der Waals surface area contributed by atoms with Crippen molar-refractivity contribution in [3.8, 4) is 0 Å². The van der Waals surface area contributed by atoms with Gasteiger partial charge in [-0.1, -0.05) is 42.5 Å². The van der Waals surface area contributed by atoms with Crippen LogP contribution in [0, 0.1) is 0 Å². The zero-order chi connectivity index (χ0) is 21.6. The van der Waals surface area contributed by atoms with Gasteiger partial charge >= 0.3 is 11.9 Å². The number of ketones is 2. The average Bonchev–Trinajstić information content (AvgIpc) is 2.72. The van der Waals surface area contributed by atoms with Crippen LogP contribution in [0.25, 0.3) is 0 Å².